The zero-order valence-electron chi connectivity index (χ0n) is 16.5. The van der Waals surface area contributed by atoms with Crippen LogP contribution in [0.1, 0.15) is 10.4 Å². The summed E-state index contributed by atoms with van der Waals surface area (Å²) in [5, 5.41) is 11.0. The minimum absolute atomic E-state index is 0.0517. The number of halogens is 3. The van der Waals surface area contributed by atoms with Crippen molar-refractivity contribution < 1.29 is 23.1 Å². The van der Waals surface area contributed by atoms with E-state index in [0.717, 1.165) is 42.1 Å². The minimum Gasteiger partial charge on any atom is -0.477 e. The summed E-state index contributed by atoms with van der Waals surface area (Å²) in [6.07, 6.45) is 0.959. The molecule has 3 aromatic rings. The fourth-order valence-electron chi connectivity index (χ4n) is 3.55. The molecule has 1 aliphatic heterocycles. The number of carboxylic acids is 1. The molecule has 31 heavy (non-hydrogen) atoms. The SMILES string of the molecule is CN1CCN(Nc2cc3c(cc2F)c(=O)c(C(=O)O)cn3-c2ccc(F)cc2F)CC1. The second-order valence-corrected chi connectivity index (χ2v) is 7.39. The normalized spacial score (nSPS) is 15.4. The molecule has 162 valence electrons. The van der Waals surface area contributed by atoms with Crippen molar-refractivity contribution in [2.75, 3.05) is 38.7 Å². The summed E-state index contributed by atoms with van der Waals surface area (Å²) < 4.78 is 43.8. The molecule has 1 fully saturated rings. The Morgan fingerprint density at radius 3 is 2.39 bits per heavy atom. The number of fused-ring (bicyclic) bond motifs is 1. The Bertz CT molecular complexity index is 1240. The average molecular weight is 432 g/mol. The number of hydrazine groups is 1. The number of carbonyl (C=O) groups is 1. The van der Waals surface area contributed by atoms with E-state index in [2.05, 4.69) is 10.3 Å². The summed E-state index contributed by atoms with van der Waals surface area (Å²) in [4.78, 5) is 26.3. The molecule has 0 unspecified atom stereocenters. The molecule has 0 amide bonds. The van der Waals surface area contributed by atoms with E-state index in [4.69, 9.17) is 0 Å². The van der Waals surface area contributed by atoms with Gasteiger partial charge >= 0.3 is 5.97 Å². The van der Waals surface area contributed by atoms with E-state index in [1.165, 1.54) is 6.07 Å². The maximum Gasteiger partial charge on any atom is 0.341 e. The topological polar surface area (TPSA) is 77.8 Å². The van der Waals surface area contributed by atoms with E-state index in [-0.39, 0.29) is 22.3 Å². The third-order valence-corrected chi connectivity index (χ3v) is 5.27. The van der Waals surface area contributed by atoms with Gasteiger partial charge in [-0.3, -0.25) is 4.79 Å². The van der Waals surface area contributed by atoms with Crippen LogP contribution in [0.2, 0.25) is 0 Å². The van der Waals surface area contributed by atoms with Crippen molar-refractivity contribution in [1.29, 1.82) is 0 Å². The highest BCUT2D eigenvalue weighted by molar-refractivity contribution is 5.94. The van der Waals surface area contributed by atoms with Gasteiger partial charge in [0.25, 0.3) is 0 Å². The van der Waals surface area contributed by atoms with E-state index in [9.17, 15) is 27.9 Å². The van der Waals surface area contributed by atoms with Gasteiger partial charge in [-0.15, -0.1) is 0 Å². The Balaban J connectivity index is 1.91. The lowest BCUT2D eigenvalue weighted by atomic mass is 10.1. The zero-order chi connectivity index (χ0) is 22.3. The molecule has 10 heteroatoms. The van der Waals surface area contributed by atoms with E-state index in [0.29, 0.717) is 19.2 Å². The number of carboxylic acid groups (broad SMARTS) is 1. The highest BCUT2D eigenvalue weighted by atomic mass is 19.1. The summed E-state index contributed by atoms with van der Waals surface area (Å²) in [6, 6.07) is 5.03. The van der Waals surface area contributed by atoms with Gasteiger partial charge < -0.3 is 20.0 Å². The zero-order valence-corrected chi connectivity index (χ0v) is 16.5. The molecule has 4 rings (SSSR count). The van der Waals surface area contributed by atoms with Crippen LogP contribution in [0.4, 0.5) is 18.9 Å². The third-order valence-electron chi connectivity index (χ3n) is 5.27. The monoisotopic (exact) mass is 432 g/mol. The molecule has 0 atom stereocenters. The number of hydrogen-bond donors (Lipinski definition) is 2. The number of anilines is 1. The van der Waals surface area contributed by atoms with E-state index < -0.39 is 34.4 Å². The van der Waals surface area contributed by atoms with Gasteiger partial charge in [-0.05, 0) is 31.3 Å². The summed E-state index contributed by atoms with van der Waals surface area (Å²) in [5.74, 6) is -4.06. The van der Waals surface area contributed by atoms with Crippen LogP contribution < -0.4 is 10.9 Å². The Morgan fingerprint density at radius 2 is 1.74 bits per heavy atom. The van der Waals surface area contributed by atoms with Crippen LogP contribution in [-0.2, 0) is 0 Å². The van der Waals surface area contributed by atoms with Crippen LogP contribution in [0.25, 0.3) is 16.6 Å². The average Bonchev–Trinajstić information content (AvgIpc) is 2.71. The van der Waals surface area contributed by atoms with E-state index in [1.54, 1.807) is 0 Å². The van der Waals surface area contributed by atoms with Crippen molar-refractivity contribution in [2.24, 2.45) is 0 Å². The number of nitrogens with zero attached hydrogens (tertiary/aromatic N) is 3. The summed E-state index contributed by atoms with van der Waals surface area (Å²) >= 11 is 0. The van der Waals surface area contributed by atoms with Gasteiger partial charge in [-0.2, -0.15) is 0 Å². The number of aromatic nitrogens is 1. The van der Waals surface area contributed by atoms with E-state index >= 15 is 0 Å². The molecule has 2 N–H and O–H groups in total. The second-order valence-electron chi connectivity index (χ2n) is 7.39. The Morgan fingerprint density at radius 1 is 1.03 bits per heavy atom. The van der Waals surface area contributed by atoms with Gasteiger partial charge in [0.05, 0.1) is 16.9 Å². The fourth-order valence-corrected chi connectivity index (χ4v) is 3.55. The van der Waals surface area contributed by atoms with Gasteiger partial charge in [0, 0.05) is 43.8 Å². The highest BCUT2D eigenvalue weighted by Crippen LogP contribution is 2.26. The second kappa shape index (κ2) is 8.05. The Kier molecular flexibility index (Phi) is 5.42. The highest BCUT2D eigenvalue weighted by Gasteiger charge is 2.21. The Labute approximate surface area is 174 Å². The maximum absolute atomic E-state index is 14.8. The number of rotatable bonds is 4. The lowest BCUT2D eigenvalue weighted by Crippen LogP contribution is -2.47. The number of hydrogen-bond acceptors (Lipinski definition) is 5. The van der Waals surface area contributed by atoms with Gasteiger partial charge in [0.1, 0.15) is 23.0 Å². The smallest absolute Gasteiger partial charge is 0.341 e. The van der Waals surface area contributed by atoms with Crippen LogP contribution in [-0.4, -0.2) is 58.8 Å². The quantitative estimate of drug-likeness (QED) is 0.660. The first-order valence-corrected chi connectivity index (χ1v) is 9.52. The van der Waals surface area contributed by atoms with Crippen molar-refractivity contribution in [2.45, 2.75) is 0 Å². The molecule has 1 saturated heterocycles. The number of pyridine rings is 1. The number of benzene rings is 2. The van der Waals surface area contributed by atoms with Gasteiger partial charge in [-0.25, -0.2) is 23.0 Å². The fraction of sp³-hybridized carbons (Fsp3) is 0.238. The molecule has 0 spiro atoms. The van der Waals surface area contributed by atoms with Crippen molar-refractivity contribution in [3.05, 3.63) is 69.8 Å². The first-order valence-electron chi connectivity index (χ1n) is 9.52. The number of likely N-dealkylation sites (N-methyl/N-ethyl adjacent to an activating group) is 1. The van der Waals surface area contributed by atoms with Crippen molar-refractivity contribution in [3.63, 3.8) is 0 Å². The number of nitrogens with one attached hydrogen (secondary N) is 1. The van der Waals surface area contributed by atoms with E-state index in [1.807, 2.05) is 12.1 Å². The number of piperazine rings is 1. The molecular formula is C21H19F3N4O3. The van der Waals surface area contributed by atoms with Crippen LogP contribution in [0.3, 0.4) is 0 Å². The summed E-state index contributed by atoms with van der Waals surface area (Å²) in [6.45, 7) is 2.81. The molecule has 2 aromatic carbocycles. The molecule has 2 heterocycles. The van der Waals surface area contributed by atoms with Gasteiger partial charge in [0.15, 0.2) is 0 Å². The van der Waals surface area contributed by atoms with Crippen LogP contribution >= 0.6 is 0 Å². The molecule has 1 aromatic heterocycles. The molecule has 1 aliphatic rings. The maximum atomic E-state index is 14.8. The third kappa shape index (κ3) is 3.99. The number of aromatic carboxylic acids is 1. The molecule has 0 saturated carbocycles. The van der Waals surface area contributed by atoms with Crippen LogP contribution in [0, 0.1) is 17.5 Å². The molecule has 7 nitrogen and oxygen atoms in total. The summed E-state index contributed by atoms with van der Waals surface area (Å²) in [7, 11) is 1.98. The molecule has 0 radical (unpaired) electrons. The minimum atomic E-state index is -1.54. The first-order chi connectivity index (χ1) is 14.7. The Hall–Kier alpha value is -3.37. The van der Waals surface area contributed by atoms with Gasteiger partial charge in [-0.1, -0.05) is 0 Å². The molecule has 0 bridgehead atoms. The lowest BCUT2D eigenvalue weighted by Gasteiger charge is -2.33. The molecule has 0 aliphatic carbocycles. The van der Waals surface area contributed by atoms with Crippen molar-refractivity contribution >= 4 is 22.6 Å². The predicted octanol–water partition coefficient (Wildman–Crippen LogP) is 2.68. The first kappa shape index (κ1) is 20.9. The molecular weight excluding hydrogens is 413 g/mol. The van der Waals surface area contributed by atoms with Crippen molar-refractivity contribution in [1.82, 2.24) is 14.5 Å². The standard InChI is InChI=1S/C21H19F3N4O3/c1-26-4-6-27(7-5-26)25-17-10-19-13(9-15(17)23)20(29)14(21(30)31)11-28(19)18-3-2-12(22)8-16(18)24/h2-3,8-11,25H,4-7H2,1H3,(H,30,31). The van der Waals surface area contributed by atoms with Crippen molar-refractivity contribution in [3.8, 4) is 5.69 Å². The summed E-state index contributed by atoms with van der Waals surface area (Å²) in [5.41, 5.74) is 1.37. The predicted molar refractivity (Wildman–Crippen MR) is 109 cm³/mol. The largest absolute Gasteiger partial charge is 0.477 e. The van der Waals surface area contributed by atoms with Gasteiger partial charge in [0.2, 0.25) is 5.43 Å². The lowest BCUT2D eigenvalue weighted by molar-refractivity contribution is 0.0695. The van der Waals surface area contributed by atoms with Crippen LogP contribution in [0.15, 0.2) is 41.3 Å². The van der Waals surface area contributed by atoms with Crippen LogP contribution in [0.5, 0.6) is 0 Å².